The van der Waals surface area contributed by atoms with Crippen molar-refractivity contribution in [1.29, 1.82) is 0 Å². The Balaban J connectivity index is 1.62. The van der Waals surface area contributed by atoms with E-state index in [1.807, 2.05) is 60.5 Å². The van der Waals surface area contributed by atoms with E-state index in [1.165, 1.54) is 12.8 Å². The van der Waals surface area contributed by atoms with E-state index in [-0.39, 0.29) is 5.91 Å². The summed E-state index contributed by atoms with van der Waals surface area (Å²) in [6, 6.07) is 15.6. The van der Waals surface area contributed by atoms with Crippen molar-refractivity contribution in [3.8, 4) is 11.3 Å². The van der Waals surface area contributed by atoms with Gasteiger partial charge < -0.3 is 9.32 Å². The summed E-state index contributed by atoms with van der Waals surface area (Å²) in [7, 11) is 1.88. The van der Waals surface area contributed by atoms with Crippen LogP contribution in [0.1, 0.15) is 29.0 Å². The Morgan fingerprint density at radius 3 is 2.76 bits per heavy atom. The van der Waals surface area contributed by atoms with Gasteiger partial charge >= 0.3 is 0 Å². The Morgan fingerprint density at radius 1 is 1.21 bits per heavy atom. The molecule has 3 aromatic heterocycles. The molecule has 0 saturated heterocycles. The second kappa shape index (κ2) is 7.20. The molecule has 0 bridgehead atoms. The number of furan rings is 1. The third-order valence-corrected chi connectivity index (χ3v) is 5.37. The molecule has 0 unspecified atom stereocenters. The van der Waals surface area contributed by atoms with Crippen molar-refractivity contribution >= 4 is 16.9 Å². The predicted octanol–water partition coefficient (Wildman–Crippen LogP) is 4.22. The summed E-state index contributed by atoms with van der Waals surface area (Å²) >= 11 is 0. The van der Waals surface area contributed by atoms with Crippen LogP contribution in [-0.4, -0.2) is 39.2 Å². The minimum Gasteiger partial charge on any atom is -0.467 e. The summed E-state index contributed by atoms with van der Waals surface area (Å²) in [5.41, 5.74) is 3.06. The number of aromatic nitrogens is 3. The van der Waals surface area contributed by atoms with E-state index in [0.717, 1.165) is 28.9 Å². The lowest BCUT2D eigenvalue weighted by molar-refractivity contribution is 0.0790. The van der Waals surface area contributed by atoms with Gasteiger partial charge in [0.25, 0.3) is 5.91 Å². The molecule has 1 fully saturated rings. The van der Waals surface area contributed by atoms with Gasteiger partial charge in [0.2, 0.25) is 0 Å². The van der Waals surface area contributed by atoms with Gasteiger partial charge in [-0.1, -0.05) is 30.3 Å². The zero-order chi connectivity index (χ0) is 19.8. The van der Waals surface area contributed by atoms with E-state index >= 15 is 0 Å². The van der Waals surface area contributed by atoms with Crippen molar-refractivity contribution < 1.29 is 9.21 Å². The van der Waals surface area contributed by atoms with Crippen LogP contribution in [0.3, 0.4) is 0 Å². The van der Waals surface area contributed by atoms with Gasteiger partial charge in [0.15, 0.2) is 5.65 Å². The Labute approximate surface area is 168 Å². The summed E-state index contributed by atoms with van der Waals surface area (Å²) in [5.74, 6) is 1.44. The van der Waals surface area contributed by atoms with Crippen LogP contribution in [0.15, 0.2) is 65.4 Å². The molecule has 0 N–H and O–H groups in total. The average Bonchev–Trinajstić information content (AvgIpc) is 3.24. The van der Waals surface area contributed by atoms with E-state index in [2.05, 4.69) is 5.10 Å². The molecular weight excluding hydrogens is 364 g/mol. The third-order valence-electron chi connectivity index (χ3n) is 5.37. The van der Waals surface area contributed by atoms with Gasteiger partial charge in [-0.05, 0) is 37.0 Å². The molecule has 146 valence electrons. The topological polar surface area (TPSA) is 64.2 Å². The molecule has 1 aliphatic rings. The number of rotatable bonds is 6. The molecule has 0 atom stereocenters. The SMILES string of the molecule is CN(CC1CC1)C(=O)c1cc(-c2ccccc2)nc2c1cnn2Cc1ccco1. The van der Waals surface area contributed by atoms with Gasteiger partial charge in [-0.25, -0.2) is 9.67 Å². The molecule has 3 heterocycles. The van der Waals surface area contributed by atoms with E-state index < -0.39 is 0 Å². The predicted molar refractivity (Wildman–Crippen MR) is 110 cm³/mol. The largest absolute Gasteiger partial charge is 0.467 e. The molecule has 0 aliphatic heterocycles. The molecule has 29 heavy (non-hydrogen) atoms. The monoisotopic (exact) mass is 386 g/mol. The number of pyridine rings is 1. The maximum Gasteiger partial charge on any atom is 0.254 e. The van der Waals surface area contributed by atoms with Gasteiger partial charge in [0.1, 0.15) is 12.3 Å². The molecule has 6 nitrogen and oxygen atoms in total. The van der Waals surface area contributed by atoms with Crippen LogP contribution in [0.2, 0.25) is 0 Å². The first-order valence-electron chi connectivity index (χ1n) is 9.89. The molecule has 1 aromatic carbocycles. The van der Waals surface area contributed by atoms with Crippen LogP contribution in [-0.2, 0) is 6.54 Å². The van der Waals surface area contributed by atoms with E-state index in [4.69, 9.17) is 9.40 Å². The highest BCUT2D eigenvalue weighted by atomic mass is 16.3. The minimum atomic E-state index is 0.0130. The second-order valence-electron chi connectivity index (χ2n) is 7.67. The first-order chi connectivity index (χ1) is 14.2. The number of carbonyl (C=O) groups is 1. The first-order valence-corrected chi connectivity index (χ1v) is 9.89. The number of amides is 1. The van der Waals surface area contributed by atoms with Gasteiger partial charge in [0, 0.05) is 19.2 Å². The summed E-state index contributed by atoms with van der Waals surface area (Å²) < 4.78 is 7.26. The van der Waals surface area contributed by atoms with Crippen molar-refractivity contribution in [2.75, 3.05) is 13.6 Å². The average molecular weight is 386 g/mol. The fourth-order valence-corrected chi connectivity index (χ4v) is 3.62. The Kier molecular flexibility index (Phi) is 4.39. The quantitative estimate of drug-likeness (QED) is 0.498. The van der Waals surface area contributed by atoms with Gasteiger partial charge in [-0.3, -0.25) is 4.79 Å². The van der Waals surface area contributed by atoms with Gasteiger partial charge in [-0.2, -0.15) is 5.10 Å². The zero-order valence-corrected chi connectivity index (χ0v) is 16.3. The van der Waals surface area contributed by atoms with Crippen molar-refractivity contribution in [3.63, 3.8) is 0 Å². The number of benzene rings is 1. The second-order valence-corrected chi connectivity index (χ2v) is 7.67. The number of fused-ring (bicyclic) bond motifs is 1. The number of carbonyl (C=O) groups excluding carboxylic acids is 1. The van der Waals surface area contributed by atoms with Crippen molar-refractivity contribution in [3.05, 3.63) is 72.3 Å². The van der Waals surface area contributed by atoms with Crippen molar-refractivity contribution in [2.45, 2.75) is 19.4 Å². The maximum atomic E-state index is 13.3. The fourth-order valence-electron chi connectivity index (χ4n) is 3.62. The Morgan fingerprint density at radius 2 is 2.03 bits per heavy atom. The molecular formula is C23H22N4O2. The fraction of sp³-hybridized carbons (Fsp3) is 0.261. The zero-order valence-electron chi connectivity index (χ0n) is 16.3. The summed E-state index contributed by atoms with van der Waals surface area (Å²) in [4.78, 5) is 19.9. The summed E-state index contributed by atoms with van der Waals surface area (Å²) in [5, 5.41) is 5.27. The Hall–Kier alpha value is -3.41. The molecule has 6 heteroatoms. The minimum absolute atomic E-state index is 0.0130. The normalized spacial score (nSPS) is 13.7. The molecule has 1 saturated carbocycles. The lowest BCUT2D eigenvalue weighted by Gasteiger charge is -2.18. The summed E-state index contributed by atoms with van der Waals surface area (Å²) in [6.07, 6.45) is 5.79. The smallest absolute Gasteiger partial charge is 0.254 e. The maximum absolute atomic E-state index is 13.3. The van der Waals surface area contributed by atoms with E-state index in [1.54, 1.807) is 17.1 Å². The lowest BCUT2D eigenvalue weighted by atomic mass is 10.1. The molecule has 0 radical (unpaired) electrons. The van der Waals surface area contributed by atoms with E-state index in [0.29, 0.717) is 23.7 Å². The number of hydrogen-bond donors (Lipinski definition) is 0. The van der Waals surface area contributed by atoms with Crippen LogP contribution in [0.5, 0.6) is 0 Å². The van der Waals surface area contributed by atoms with Crippen LogP contribution >= 0.6 is 0 Å². The van der Waals surface area contributed by atoms with E-state index in [9.17, 15) is 4.79 Å². The lowest BCUT2D eigenvalue weighted by Crippen LogP contribution is -2.29. The summed E-state index contributed by atoms with van der Waals surface area (Å²) in [6.45, 7) is 1.26. The Bertz CT molecular complexity index is 1140. The van der Waals surface area contributed by atoms with Crippen LogP contribution in [0.4, 0.5) is 0 Å². The van der Waals surface area contributed by atoms with Crippen LogP contribution in [0, 0.1) is 5.92 Å². The van der Waals surface area contributed by atoms with Crippen LogP contribution in [0.25, 0.3) is 22.3 Å². The third kappa shape index (κ3) is 3.53. The van der Waals surface area contributed by atoms with Gasteiger partial charge in [0.05, 0.1) is 29.1 Å². The molecule has 1 aliphatic carbocycles. The van der Waals surface area contributed by atoms with Crippen molar-refractivity contribution in [2.24, 2.45) is 5.92 Å². The first kappa shape index (κ1) is 17.7. The molecule has 4 aromatic rings. The molecule has 5 rings (SSSR count). The molecule has 1 amide bonds. The number of hydrogen-bond acceptors (Lipinski definition) is 4. The van der Waals surface area contributed by atoms with Crippen LogP contribution < -0.4 is 0 Å². The molecule has 0 spiro atoms. The van der Waals surface area contributed by atoms with Crippen molar-refractivity contribution in [1.82, 2.24) is 19.7 Å². The highest BCUT2D eigenvalue weighted by molar-refractivity contribution is 6.06. The highest BCUT2D eigenvalue weighted by Gasteiger charge is 2.27. The number of nitrogens with zero attached hydrogens (tertiary/aromatic N) is 4. The van der Waals surface area contributed by atoms with Gasteiger partial charge in [-0.15, -0.1) is 0 Å². The highest BCUT2D eigenvalue weighted by Crippen LogP contribution is 2.31. The standard InChI is InChI=1S/C23H22N4O2/c1-26(14-16-9-10-16)23(28)19-12-21(17-6-3-2-4-7-17)25-22-20(19)13-24-27(22)15-18-8-5-11-29-18/h2-8,11-13,16H,9-10,14-15H2,1H3.